The molecule has 0 bridgehead atoms. The van der Waals surface area contributed by atoms with Crippen molar-refractivity contribution in [2.24, 2.45) is 0 Å². The van der Waals surface area contributed by atoms with Crippen LogP contribution in [0.3, 0.4) is 0 Å². The topological polar surface area (TPSA) is 122 Å². The molecule has 0 amide bonds. The van der Waals surface area contributed by atoms with Gasteiger partial charge in [-0.1, -0.05) is 64.0 Å². The van der Waals surface area contributed by atoms with Crippen LogP contribution in [0, 0.1) is 0 Å². The third-order valence-electron chi connectivity index (χ3n) is 3.41. The molecule has 0 aliphatic heterocycles. The second-order valence-corrected chi connectivity index (χ2v) is 5.20. The van der Waals surface area contributed by atoms with Crippen molar-refractivity contribution in [1.82, 2.24) is 12.3 Å². The molecule has 0 aliphatic carbocycles. The normalized spacial score (nSPS) is 9.50. The fourth-order valence-electron chi connectivity index (χ4n) is 2.16. The standard InChI is InChI=1S/C17H27NO2.2H3N/c1-2-3-4-5-6-7-8-11-14-20-17(19)15-12-9-10-13-16(15)18;;/h9-10,12-13H,2-8,11,14,18H2,1H3;2*1H3. The van der Waals surface area contributed by atoms with E-state index in [4.69, 9.17) is 10.5 Å². The van der Waals surface area contributed by atoms with Gasteiger partial charge in [0.15, 0.2) is 0 Å². The van der Waals surface area contributed by atoms with Gasteiger partial charge in [0.05, 0.1) is 12.2 Å². The summed E-state index contributed by atoms with van der Waals surface area (Å²) in [6.45, 7) is 2.72. The molecule has 0 atom stereocenters. The Labute approximate surface area is 134 Å². The molecular formula is C17H33N3O2. The predicted molar refractivity (Wildman–Crippen MR) is 93.8 cm³/mol. The van der Waals surface area contributed by atoms with Crippen LogP contribution in [0.5, 0.6) is 0 Å². The average molecular weight is 311 g/mol. The number of hydrogen-bond donors (Lipinski definition) is 3. The molecule has 1 aromatic carbocycles. The fraction of sp³-hybridized carbons (Fsp3) is 0.588. The van der Waals surface area contributed by atoms with E-state index in [-0.39, 0.29) is 18.3 Å². The summed E-state index contributed by atoms with van der Waals surface area (Å²) in [6, 6.07) is 7.02. The zero-order valence-corrected chi connectivity index (χ0v) is 14.0. The van der Waals surface area contributed by atoms with E-state index >= 15 is 0 Å². The SMILES string of the molecule is CCCCCCCCCCOC(=O)c1ccccc1N.N.N. The molecule has 0 unspecified atom stereocenters. The number of hydrogen-bond acceptors (Lipinski definition) is 5. The van der Waals surface area contributed by atoms with Crippen LogP contribution in [0.25, 0.3) is 0 Å². The Morgan fingerprint density at radius 1 is 0.955 bits per heavy atom. The number of rotatable bonds is 10. The summed E-state index contributed by atoms with van der Waals surface area (Å²) in [5.74, 6) is -0.314. The molecule has 5 nitrogen and oxygen atoms in total. The minimum absolute atomic E-state index is 0. The van der Waals surface area contributed by atoms with Gasteiger partial charge in [-0.3, -0.25) is 0 Å². The Kier molecular flexibility index (Phi) is 14.8. The van der Waals surface area contributed by atoms with Gasteiger partial charge < -0.3 is 22.8 Å². The van der Waals surface area contributed by atoms with Gasteiger partial charge in [0, 0.05) is 5.69 Å². The van der Waals surface area contributed by atoms with Crippen molar-refractivity contribution in [2.45, 2.75) is 58.3 Å². The monoisotopic (exact) mass is 311 g/mol. The number of benzene rings is 1. The van der Waals surface area contributed by atoms with Crippen LogP contribution in [0.15, 0.2) is 24.3 Å². The first-order valence-electron chi connectivity index (χ1n) is 7.77. The Balaban J connectivity index is 0. The third kappa shape index (κ3) is 9.37. The molecule has 0 spiro atoms. The van der Waals surface area contributed by atoms with Crippen LogP contribution in [-0.2, 0) is 4.74 Å². The van der Waals surface area contributed by atoms with Gasteiger partial charge in [-0.05, 0) is 18.6 Å². The number of para-hydroxylation sites is 1. The first-order valence-corrected chi connectivity index (χ1v) is 7.77. The summed E-state index contributed by atoms with van der Waals surface area (Å²) in [5.41, 5.74) is 6.68. The maximum absolute atomic E-state index is 11.8. The summed E-state index contributed by atoms with van der Waals surface area (Å²) < 4.78 is 5.24. The van der Waals surface area contributed by atoms with Crippen molar-refractivity contribution >= 4 is 11.7 Å². The molecule has 0 saturated carbocycles. The lowest BCUT2D eigenvalue weighted by Gasteiger charge is -2.06. The molecule has 1 rings (SSSR count). The van der Waals surface area contributed by atoms with E-state index in [1.54, 1.807) is 18.2 Å². The van der Waals surface area contributed by atoms with Crippen LogP contribution < -0.4 is 18.0 Å². The molecule has 5 heteroatoms. The highest BCUT2D eigenvalue weighted by molar-refractivity contribution is 5.94. The number of nitrogens with two attached hydrogens (primary N) is 1. The number of carbonyl (C=O) groups excluding carboxylic acids is 1. The van der Waals surface area contributed by atoms with Crippen LogP contribution in [-0.4, -0.2) is 12.6 Å². The van der Waals surface area contributed by atoms with E-state index in [9.17, 15) is 4.79 Å². The first kappa shape index (κ1) is 22.7. The Hall–Kier alpha value is -1.59. The lowest BCUT2D eigenvalue weighted by molar-refractivity contribution is 0.0499. The molecule has 0 aromatic heterocycles. The largest absolute Gasteiger partial charge is 0.462 e. The van der Waals surface area contributed by atoms with Gasteiger partial charge in [0.2, 0.25) is 0 Å². The van der Waals surface area contributed by atoms with Crippen LogP contribution in [0.4, 0.5) is 5.69 Å². The lowest BCUT2D eigenvalue weighted by atomic mass is 10.1. The highest BCUT2D eigenvalue weighted by Crippen LogP contribution is 2.12. The van der Waals surface area contributed by atoms with Gasteiger partial charge >= 0.3 is 5.97 Å². The van der Waals surface area contributed by atoms with Crippen molar-refractivity contribution < 1.29 is 9.53 Å². The molecule has 0 saturated heterocycles. The summed E-state index contributed by atoms with van der Waals surface area (Å²) in [4.78, 5) is 11.8. The van der Waals surface area contributed by atoms with E-state index in [1.165, 1.54) is 38.5 Å². The van der Waals surface area contributed by atoms with E-state index in [0.717, 1.165) is 12.8 Å². The molecule has 1 aromatic rings. The molecule has 0 aliphatic rings. The fourth-order valence-corrected chi connectivity index (χ4v) is 2.16. The molecular weight excluding hydrogens is 278 g/mol. The molecule has 0 radical (unpaired) electrons. The minimum Gasteiger partial charge on any atom is -0.462 e. The number of ether oxygens (including phenoxy) is 1. The summed E-state index contributed by atoms with van der Waals surface area (Å²) in [7, 11) is 0. The maximum atomic E-state index is 11.8. The van der Waals surface area contributed by atoms with Crippen molar-refractivity contribution in [3.63, 3.8) is 0 Å². The molecule has 0 heterocycles. The van der Waals surface area contributed by atoms with Crippen LogP contribution in [0.2, 0.25) is 0 Å². The molecule has 8 N–H and O–H groups in total. The van der Waals surface area contributed by atoms with Gasteiger partial charge in [-0.25, -0.2) is 4.79 Å². The van der Waals surface area contributed by atoms with Gasteiger partial charge in [0.1, 0.15) is 0 Å². The third-order valence-corrected chi connectivity index (χ3v) is 3.41. The highest BCUT2D eigenvalue weighted by atomic mass is 16.5. The number of esters is 1. The Morgan fingerprint density at radius 2 is 1.50 bits per heavy atom. The van der Waals surface area contributed by atoms with E-state index < -0.39 is 0 Å². The summed E-state index contributed by atoms with van der Waals surface area (Å²) >= 11 is 0. The average Bonchev–Trinajstić information content (AvgIpc) is 2.46. The van der Waals surface area contributed by atoms with E-state index in [0.29, 0.717) is 17.9 Å². The zero-order valence-electron chi connectivity index (χ0n) is 14.0. The predicted octanol–water partition coefficient (Wildman–Crippen LogP) is 4.89. The minimum atomic E-state index is -0.314. The number of unbranched alkanes of at least 4 members (excludes halogenated alkanes) is 7. The second kappa shape index (κ2) is 14.4. The maximum Gasteiger partial charge on any atom is 0.340 e. The van der Waals surface area contributed by atoms with E-state index in [2.05, 4.69) is 6.92 Å². The quantitative estimate of drug-likeness (QED) is 0.322. The van der Waals surface area contributed by atoms with Crippen LogP contribution in [0.1, 0.15) is 68.6 Å². The summed E-state index contributed by atoms with van der Waals surface area (Å²) in [5, 5.41) is 0. The number of carbonyl (C=O) groups is 1. The molecule has 22 heavy (non-hydrogen) atoms. The number of anilines is 1. The number of nitrogen functional groups attached to an aromatic ring is 1. The van der Waals surface area contributed by atoms with Crippen molar-refractivity contribution in [3.8, 4) is 0 Å². The first-order chi connectivity index (χ1) is 9.75. The van der Waals surface area contributed by atoms with Crippen LogP contribution >= 0.6 is 0 Å². The Bertz CT molecular complexity index is 397. The van der Waals surface area contributed by atoms with Gasteiger partial charge in [-0.15, -0.1) is 0 Å². The zero-order chi connectivity index (χ0) is 14.6. The Morgan fingerprint density at radius 3 is 2.09 bits per heavy atom. The molecule has 0 fully saturated rings. The van der Waals surface area contributed by atoms with Crippen molar-refractivity contribution in [2.75, 3.05) is 12.3 Å². The van der Waals surface area contributed by atoms with Crippen molar-refractivity contribution in [3.05, 3.63) is 29.8 Å². The van der Waals surface area contributed by atoms with Gasteiger partial charge in [-0.2, -0.15) is 0 Å². The highest BCUT2D eigenvalue weighted by Gasteiger charge is 2.09. The van der Waals surface area contributed by atoms with Gasteiger partial charge in [0.25, 0.3) is 0 Å². The molecule has 128 valence electrons. The summed E-state index contributed by atoms with van der Waals surface area (Å²) in [6.07, 6.45) is 9.89. The van der Waals surface area contributed by atoms with Crippen molar-refractivity contribution in [1.29, 1.82) is 0 Å². The lowest BCUT2D eigenvalue weighted by Crippen LogP contribution is -2.09. The smallest absolute Gasteiger partial charge is 0.340 e. The second-order valence-electron chi connectivity index (χ2n) is 5.20. The van der Waals surface area contributed by atoms with E-state index in [1.807, 2.05) is 6.07 Å².